The van der Waals surface area contributed by atoms with E-state index in [9.17, 15) is 4.79 Å². The van der Waals surface area contributed by atoms with Gasteiger partial charge in [-0.3, -0.25) is 0 Å². The monoisotopic (exact) mass is 281 g/mol. The first-order chi connectivity index (χ1) is 10.2. The summed E-state index contributed by atoms with van der Waals surface area (Å²) < 4.78 is 5.84. The Hall–Kier alpha value is -2.29. The topological polar surface area (TPSA) is 38.3 Å². The van der Waals surface area contributed by atoms with Crippen LogP contribution < -0.4 is 5.32 Å². The number of rotatable bonds is 4. The van der Waals surface area contributed by atoms with Gasteiger partial charge in [0.15, 0.2) is 0 Å². The number of nitrogens with one attached hydrogen (secondary N) is 1. The molecule has 0 saturated heterocycles. The molecule has 108 valence electrons. The van der Waals surface area contributed by atoms with E-state index in [1.165, 1.54) is 0 Å². The molecule has 0 aliphatic carbocycles. The number of carbonyl (C=O) groups is 1. The maximum absolute atomic E-state index is 12.4. The van der Waals surface area contributed by atoms with Crippen LogP contribution >= 0.6 is 0 Å². The van der Waals surface area contributed by atoms with Gasteiger partial charge in [-0.05, 0) is 18.6 Å². The molecule has 2 aromatic carbocycles. The van der Waals surface area contributed by atoms with Crippen LogP contribution in [-0.4, -0.2) is 5.97 Å². The van der Waals surface area contributed by atoms with E-state index in [0.717, 1.165) is 30.5 Å². The summed E-state index contributed by atoms with van der Waals surface area (Å²) in [5, 5.41) is 3.45. The number of fused-ring (bicyclic) bond motifs is 1. The fourth-order valence-electron chi connectivity index (χ4n) is 2.75. The van der Waals surface area contributed by atoms with Crippen LogP contribution in [-0.2, 0) is 10.5 Å². The maximum atomic E-state index is 12.4. The van der Waals surface area contributed by atoms with Gasteiger partial charge < -0.3 is 10.1 Å². The van der Waals surface area contributed by atoms with Gasteiger partial charge in [0.2, 0.25) is 5.72 Å². The largest absolute Gasteiger partial charge is 0.431 e. The molecule has 1 aliphatic rings. The summed E-state index contributed by atoms with van der Waals surface area (Å²) >= 11 is 0. The molecular formula is C18H19NO2. The Morgan fingerprint density at radius 1 is 1.05 bits per heavy atom. The SMILES string of the molecule is CCCCC1(c2ccccc2)Nc2ccccc2C(=O)O1. The second-order valence-corrected chi connectivity index (χ2v) is 5.36. The van der Waals surface area contributed by atoms with E-state index in [1.54, 1.807) is 6.07 Å². The Morgan fingerprint density at radius 2 is 1.76 bits per heavy atom. The van der Waals surface area contributed by atoms with E-state index < -0.39 is 5.72 Å². The van der Waals surface area contributed by atoms with Crippen molar-refractivity contribution in [2.45, 2.75) is 31.9 Å². The molecular weight excluding hydrogens is 262 g/mol. The molecule has 1 unspecified atom stereocenters. The van der Waals surface area contributed by atoms with Gasteiger partial charge in [0.05, 0.1) is 11.3 Å². The molecule has 0 saturated carbocycles. The van der Waals surface area contributed by atoms with Crippen molar-refractivity contribution in [3.8, 4) is 0 Å². The van der Waals surface area contributed by atoms with Crippen molar-refractivity contribution in [3.05, 3.63) is 65.7 Å². The molecule has 0 radical (unpaired) electrons. The number of hydrogen-bond acceptors (Lipinski definition) is 3. The summed E-state index contributed by atoms with van der Waals surface area (Å²) in [5.41, 5.74) is 1.67. The van der Waals surface area contributed by atoms with Crippen LogP contribution in [0.3, 0.4) is 0 Å². The van der Waals surface area contributed by atoms with Gasteiger partial charge >= 0.3 is 5.97 Å². The third-order valence-electron chi connectivity index (χ3n) is 3.87. The summed E-state index contributed by atoms with van der Waals surface area (Å²) in [6, 6.07) is 17.4. The lowest BCUT2D eigenvalue weighted by atomic mass is 9.94. The molecule has 3 heteroatoms. The first-order valence-corrected chi connectivity index (χ1v) is 7.41. The van der Waals surface area contributed by atoms with Crippen molar-refractivity contribution in [2.75, 3.05) is 5.32 Å². The second-order valence-electron chi connectivity index (χ2n) is 5.36. The number of benzene rings is 2. The fourth-order valence-corrected chi connectivity index (χ4v) is 2.75. The molecule has 21 heavy (non-hydrogen) atoms. The van der Waals surface area contributed by atoms with E-state index in [0.29, 0.717) is 5.56 Å². The van der Waals surface area contributed by atoms with Crippen LogP contribution in [0.15, 0.2) is 54.6 Å². The maximum Gasteiger partial charge on any atom is 0.342 e. The minimum Gasteiger partial charge on any atom is -0.431 e. The highest BCUT2D eigenvalue weighted by molar-refractivity contribution is 5.97. The first-order valence-electron chi connectivity index (χ1n) is 7.41. The standard InChI is InChI=1S/C18H19NO2/c1-2-3-13-18(14-9-5-4-6-10-14)19-16-12-8-7-11-15(16)17(20)21-18/h4-12,19H,2-3,13H2,1H3. The van der Waals surface area contributed by atoms with Gasteiger partial charge in [-0.25, -0.2) is 4.79 Å². The van der Waals surface area contributed by atoms with Gasteiger partial charge in [-0.2, -0.15) is 0 Å². The van der Waals surface area contributed by atoms with Crippen molar-refractivity contribution in [3.63, 3.8) is 0 Å². The van der Waals surface area contributed by atoms with Gasteiger partial charge in [-0.1, -0.05) is 55.8 Å². The molecule has 0 amide bonds. The molecule has 0 bridgehead atoms. The number of anilines is 1. The molecule has 1 atom stereocenters. The molecule has 3 nitrogen and oxygen atoms in total. The third kappa shape index (κ3) is 2.51. The summed E-state index contributed by atoms with van der Waals surface area (Å²) in [4.78, 5) is 12.4. The van der Waals surface area contributed by atoms with Crippen LogP contribution in [0.2, 0.25) is 0 Å². The number of carbonyl (C=O) groups excluding carboxylic acids is 1. The summed E-state index contributed by atoms with van der Waals surface area (Å²) in [6.07, 6.45) is 2.79. The predicted molar refractivity (Wildman–Crippen MR) is 83.1 cm³/mol. The van der Waals surface area contributed by atoms with Crippen LogP contribution in [0.4, 0.5) is 5.69 Å². The van der Waals surface area contributed by atoms with Gasteiger partial charge in [0.1, 0.15) is 0 Å². The zero-order valence-corrected chi connectivity index (χ0v) is 12.1. The van der Waals surface area contributed by atoms with E-state index in [4.69, 9.17) is 4.74 Å². The minimum atomic E-state index is -0.761. The molecule has 1 aliphatic heterocycles. The molecule has 0 fully saturated rings. The number of unbranched alkanes of at least 4 members (excludes halogenated alkanes) is 1. The molecule has 0 spiro atoms. The Labute approximate surface area is 124 Å². The quantitative estimate of drug-likeness (QED) is 0.849. The number of ether oxygens (including phenoxy) is 1. The summed E-state index contributed by atoms with van der Waals surface area (Å²) in [6.45, 7) is 2.14. The van der Waals surface area contributed by atoms with Crippen molar-refractivity contribution < 1.29 is 9.53 Å². The molecule has 2 aromatic rings. The van der Waals surface area contributed by atoms with Gasteiger partial charge in [0.25, 0.3) is 0 Å². The predicted octanol–water partition coefficient (Wildman–Crippen LogP) is 4.31. The van der Waals surface area contributed by atoms with E-state index in [2.05, 4.69) is 12.2 Å². The molecule has 3 rings (SSSR count). The lowest BCUT2D eigenvalue weighted by Crippen LogP contribution is -2.44. The lowest BCUT2D eigenvalue weighted by Gasteiger charge is -2.39. The Morgan fingerprint density at radius 3 is 2.52 bits per heavy atom. The number of hydrogen-bond donors (Lipinski definition) is 1. The highest BCUT2D eigenvalue weighted by Gasteiger charge is 2.40. The van der Waals surface area contributed by atoms with E-state index in [-0.39, 0.29) is 5.97 Å². The smallest absolute Gasteiger partial charge is 0.342 e. The van der Waals surface area contributed by atoms with Crippen molar-refractivity contribution in [2.24, 2.45) is 0 Å². The number of cyclic esters (lactones) is 1. The Bertz CT molecular complexity index is 639. The molecule has 1 N–H and O–H groups in total. The summed E-state index contributed by atoms with van der Waals surface area (Å²) in [7, 11) is 0. The first kappa shape index (κ1) is 13.7. The zero-order chi connectivity index (χ0) is 14.7. The van der Waals surface area contributed by atoms with Crippen LogP contribution in [0, 0.1) is 0 Å². The Kier molecular flexibility index (Phi) is 3.65. The van der Waals surface area contributed by atoms with Crippen LogP contribution in [0.5, 0.6) is 0 Å². The normalized spacial score (nSPS) is 20.3. The van der Waals surface area contributed by atoms with E-state index in [1.807, 2.05) is 48.5 Å². The number of esters is 1. The van der Waals surface area contributed by atoms with Crippen molar-refractivity contribution >= 4 is 11.7 Å². The lowest BCUT2D eigenvalue weighted by molar-refractivity contribution is -0.0163. The molecule has 0 aromatic heterocycles. The highest BCUT2D eigenvalue weighted by atomic mass is 16.6. The van der Waals surface area contributed by atoms with Crippen LogP contribution in [0.1, 0.15) is 42.1 Å². The van der Waals surface area contributed by atoms with Crippen LogP contribution in [0.25, 0.3) is 0 Å². The third-order valence-corrected chi connectivity index (χ3v) is 3.87. The highest BCUT2D eigenvalue weighted by Crippen LogP contribution is 2.38. The van der Waals surface area contributed by atoms with Crippen molar-refractivity contribution in [1.82, 2.24) is 0 Å². The average molecular weight is 281 g/mol. The number of para-hydroxylation sites is 1. The van der Waals surface area contributed by atoms with Gasteiger partial charge in [0, 0.05) is 12.0 Å². The second kappa shape index (κ2) is 5.60. The Balaban J connectivity index is 2.04. The average Bonchev–Trinajstić information content (AvgIpc) is 2.54. The minimum absolute atomic E-state index is 0.260. The fraction of sp³-hybridized carbons (Fsp3) is 0.278. The van der Waals surface area contributed by atoms with Gasteiger partial charge in [-0.15, -0.1) is 0 Å². The molecule has 1 heterocycles. The van der Waals surface area contributed by atoms with E-state index >= 15 is 0 Å². The zero-order valence-electron chi connectivity index (χ0n) is 12.1. The summed E-state index contributed by atoms with van der Waals surface area (Å²) in [5.74, 6) is -0.260. The van der Waals surface area contributed by atoms with Crippen molar-refractivity contribution in [1.29, 1.82) is 0 Å².